The van der Waals surface area contributed by atoms with Gasteiger partial charge in [-0.25, -0.2) is 18.7 Å². The van der Waals surface area contributed by atoms with Crippen molar-refractivity contribution in [1.82, 2.24) is 9.97 Å². The van der Waals surface area contributed by atoms with Crippen LogP contribution in [0.25, 0.3) is 0 Å². The molecule has 0 aliphatic carbocycles. The van der Waals surface area contributed by atoms with E-state index in [1.807, 2.05) is 0 Å². The first kappa shape index (κ1) is 12.2. The molecule has 0 saturated heterocycles. The number of nitrogen functional groups attached to an aromatic ring is 1. The number of aryl methyl sites for hydroxylation is 2. The van der Waals surface area contributed by atoms with Crippen molar-refractivity contribution in [2.24, 2.45) is 0 Å². The minimum Gasteiger partial charge on any atom is -0.384 e. The Morgan fingerprint density at radius 3 is 2.56 bits per heavy atom. The molecule has 1 aromatic heterocycles. The molecule has 1 aromatic carbocycles. The number of nitrogens with zero attached hydrogens (tertiary/aromatic N) is 2. The smallest absolute Gasteiger partial charge is 0.152 e. The van der Waals surface area contributed by atoms with Crippen molar-refractivity contribution < 1.29 is 8.78 Å². The third-order valence-electron chi connectivity index (χ3n) is 2.40. The monoisotopic (exact) mass is 250 g/mol. The summed E-state index contributed by atoms with van der Waals surface area (Å²) in [4.78, 5) is 7.88. The fourth-order valence-corrected chi connectivity index (χ4v) is 1.55. The molecule has 3 N–H and O–H groups in total. The summed E-state index contributed by atoms with van der Waals surface area (Å²) in [6.07, 6.45) is 0. The van der Waals surface area contributed by atoms with Crippen molar-refractivity contribution in [3.05, 3.63) is 41.2 Å². The second kappa shape index (κ2) is 4.56. The zero-order valence-corrected chi connectivity index (χ0v) is 9.96. The maximum atomic E-state index is 13.8. The van der Waals surface area contributed by atoms with E-state index in [0.29, 0.717) is 11.4 Å². The highest BCUT2D eigenvalue weighted by molar-refractivity contribution is 5.60. The number of nitrogens with two attached hydrogens (primary N) is 1. The zero-order chi connectivity index (χ0) is 13.3. The molecule has 0 unspecified atom stereocenters. The molecule has 6 heteroatoms. The van der Waals surface area contributed by atoms with E-state index in [2.05, 4.69) is 15.3 Å². The maximum Gasteiger partial charge on any atom is 0.152 e. The van der Waals surface area contributed by atoms with Gasteiger partial charge in [0.1, 0.15) is 29.0 Å². The van der Waals surface area contributed by atoms with E-state index in [4.69, 9.17) is 5.73 Å². The highest BCUT2D eigenvalue weighted by atomic mass is 19.1. The third-order valence-corrected chi connectivity index (χ3v) is 2.40. The van der Waals surface area contributed by atoms with E-state index in [1.54, 1.807) is 13.8 Å². The predicted octanol–water partition coefficient (Wildman–Crippen LogP) is 2.70. The van der Waals surface area contributed by atoms with Crippen LogP contribution in [0, 0.1) is 25.5 Å². The molecule has 2 rings (SSSR count). The molecule has 1 heterocycles. The fraction of sp³-hybridized carbons (Fsp3) is 0.167. The summed E-state index contributed by atoms with van der Waals surface area (Å²) < 4.78 is 27.3. The van der Waals surface area contributed by atoms with Crippen molar-refractivity contribution in [3.63, 3.8) is 0 Å². The van der Waals surface area contributed by atoms with E-state index in [-0.39, 0.29) is 17.3 Å². The number of hydrogen-bond acceptors (Lipinski definition) is 4. The zero-order valence-electron chi connectivity index (χ0n) is 9.96. The minimum atomic E-state index is -0.687. The van der Waals surface area contributed by atoms with Crippen LogP contribution >= 0.6 is 0 Å². The maximum absolute atomic E-state index is 13.8. The third kappa shape index (κ3) is 2.37. The largest absolute Gasteiger partial charge is 0.384 e. The Labute approximate surface area is 103 Å². The summed E-state index contributed by atoms with van der Waals surface area (Å²) in [5.41, 5.74) is 5.64. The van der Waals surface area contributed by atoms with E-state index < -0.39 is 11.6 Å². The van der Waals surface area contributed by atoms with Crippen LogP contribution in [0.1, 0.15) is 11.4 Å². The van der Waals surface area contributed by atoms with Crippen LogP contribution in [-0.2, 0) is 0 Å². The van der Waals surface area contributed by atoms with Gasteiger partial charge in [-0.3, -0.25) is 0 Å². The summed E-state index contributed by atoms with van der Waals surface area (Å²) in [5, 5.41) is 2.58. The van der Waals surface area contributed by atoms with Gasteiger partial charge in [-0.05, 0) is 25.5 Å². The molecule has 0 atom stereocenters. The number of nitrogens with one attached hydrogen (secondary N) is 1. The van der Waals surface area contributed by atoms with Gasteiger partial charge in [0.05, 0.1) is 0 Å². The van der Waals surface area contributed by atoms with Gasteiger partial charge in [-0.2, -0.15) is 0 Å². The lowest BCUT2D eigenvalue weighted by atomic mass is 10.2. The van der Waals surface area contributed by atoms with Crippen LogP contribution in [0.5, 0.6) is 0 Å². The van der Waals surface area contributed by atoms with Gasteiger partial charge in [-0.15, -0.1) is 0 Å². The Morgan fingerprint density at radius 2 is 1.89 bits per heavy atom. The second-order valence-corrected chi connectivity index (χ2v) is 3.90. The van der Waals surface area contributed by atoms with Crippen LogP contribution in [0.3, 0.4) is 0 Å². The molecule has 0 saturated carbocycles. The SMILES string of the molecule is Cc1nc(N)cc(Nc2c(F)ccc(C)c2F)n1. The van der Waals surface area contributed by atoms with Crippen LogP contribution in [0.15, 0.2) is 18.2 Å². The van der Waals surface area contributed by atoms with Crippen molar-refractivity contribution in [1.29, 1.82) is 0 Å². The summed E-state index contributed by atoms with van der Waals surface area (Å²) >= 11 is 0. The lowest BCUT2D eigenvalue weighted by molar-refractivity contribution is 0.584. The van der Waals surface area contributed by atoms with Gasteiger partial charge in [-0.1, -0.05) is 6.07 Å². The molecular formula is C12H12F2N4. The predicted molar refractivity (Wildman–Crippen MR) is 65.6 cm³/mol. The lowest BCUT2D eigenvalue weighted by Gasteiger charge is -2.10. The number of halogens is 2. The van der Waals surface area contributed by atoms with Gasteiger partial charge in [0.25, 0.3) is 0 Å². The first-order valence-corrected chi connectivity index (χ1v) is 5.30. The first-order chi connectivity index (χ1) is 8.47. The second-order valence-electron chi connectivity index (χ2n) is 3.90. The highest BCUT2D eigenvalue weighted by Crippen LogP contribution is 2.25. The Bertz CT molecular complexity index is 579. The Kier molecular flexibility index (Phi) is 3.10. The Balaban J connectivity index is 2.42. The average Bonchev–Trinajstić information content (AvgIpc) is 2.28. The summed E-state index contributed by atoms with van der Waals surface area (Å²) in [6.45, 7) is 3.20. The number of anilines is 3. The van der Waals surface area contributed by atoms with Gasteiger partial charge >= 0.3 is 0 Å². The molecule has 2 aromatic rings. The highest BCUT2D eigenvalue weighted by Gasteiger charge is 2.12. The fourth-order valence-electron chi connectivity index (χ4n) is 1.55. The van der Waals surface area contributed by atoms with Crippen LogP contribution in [0.4, 0.5) is 26.1 Å². The average molecular weight is 250 g/mol. The summed E-state index contributed by atoms with van der Waals surface area (Å²) in [5.74, 6) is -0.425. The molecule has 0 spiro atoms. The van der Waals surface area contributed by atoms with Crippen LogP contribution in [0.2, 0.25) is 0 Å². The first-order valence-electron chi connectivity index (χ1n) is 5.30. The number of hydrogen-bond donors (Lipinski definition) is 2. The number of rotatable bonds is 2. The van der Waals surface area contributed by atoms with Crippen molar-refractivity contribution in [2.45, 2.75) is 13.8 Å². The normalized spacial score (nSPS) is 10.4. The van der Waals surface area contributed by atoms with Crippen molar-refractivity contribution >= 4 is 17.3 Å². The summed E-state index contributed by atoms with van der Waals surface area (Å²) in [7, 11) is 0. The molecule has 0 aliphatic rings. The summed E-state index contributed by atoms with van der Waals surface area (Å²) in [6, 6.07) is 3.97. The molecule has 94 valence electrons. The van der Waals surface area contributed by atoms with Crippen LogP contribution < -0.4 is 11.1 Å². The molecule has 0 amide bonds. The molecule has 18 heavy (non-hydrogen) atoms. The van der Waals surface area contributed by atoms with E-state index in [0.717, 1.165) is 0 Å². The number of aromatic nitrogens is 2. The van der Waals surface area contributed by atoms with E-state index in [9.17, 15) is 8.78 Å². The molecule has 4 nitrogen and oxygen atoms in total. The topological polar surface area (TPSA) is 63.8 Å². The molecular weight excluding hydrogens is 238 g/mol. The van der Waals surface area contributed by atoms with Gasteiger partial charge in [0, 0.05) is 6.07 Å². The van der Waals surface area contributed by atoms with Crippen molar-refractivity contribution in [3.8, 4) is 0 Å². The quantitative estimate of drug-likeness (QED) is 0.860. The minimum absolute atomic E-state index is 0.235. The van der Waals surface area contributed by atoms with Crippen molar-refractivity contribution in [2.75, 3.05) is 11.1 Å². The van der Waals surface area contributed by atoms with Crippen LogP contribution in [-0.4, -0.2) is 9.97 Å². The molecule has 0 bridgehead atoms. The lowest BCUT2D eigenvalue weighted by Crippen LogP contribution is -2.04. The Morgan fingerprint density at radius 1 is 1.17 bits per heavy atom. The van der Waals surface area contributed by atoms with Gasteiger partial charge in [0.15, 0.2) is 5.82 Å². The molecule has 0 fully saturated rings. The van der Waals surface area contributed by atoms with E-state index >= 15 is 0 Å². The molecule has 0 radical (unpaired) electrons. The number of benzene rings is 1. The standard InChI is InChI=1S/C12H12F2N4/c1-6-3-4-8(13)12(11(6)14)18-10-5-9(15)16-7(2)17-10/h3-5H,1-2H3,(H3,15,16,17,18). The van der Waals surface area contributed by atoms with Gasteiger partial charge < -0.3 is 11.1 Å². The van der Waals surface area contributed by atoms with Gasteiger partial charge in [0.2, 0.25) is 0 Å². The van der Waals surface area contributed by atoms with E-state index in [1.165, 1.54) is 18.2 Å². The Hall–Kier alpha value is -2.24. The molecule has 0 aliphatic heterocycles.